The van der Waals surface area contributed by atoms with Crippen LogP contribution in [0.1, 0.15) is 35.5 Å². The van der Waals surface area contributed by atoms with E-state index in [0.29, 0.717) is 11.9 Å². The van der Waals surface area contributed by atoms with Gasteiger partial charge in [-0.25, -0.2) is 9.31 Å². The van der Waals surface area contributed by atoms with Crippen LogP contribution in [0, 0.1) is 0 Å². The molecule has 25 heavy (non-hydrogen) atoms. The molecule has 0 radical (unpaired) electrons. The molecule has 0 aliphatic carbocycles. The highest BCUT2D eigenvalue weighted by atomic mass is 16.4. The van der Waals surface area contributed by atoms with Crippen LogP contribution in [0.4, 0.5) is 0 Å². The molecule has 0 aliphatic heterocycles. The smallest absolute Gasteiger partial charge is 0.339 e. The average molecular weight is 333 g/mol. The summed E-state index contributed by atoms with van der Waals surface area (Å²) in [6, 6.07) is 13.9. The molecular formula is C20H19N3O2. The summed E-state index contributed by atoms with van der Waals surface area (Å²) in [7, 11) is 0. The highest BCUT2D eigenvalue weighted by molar-refractivity contribution is 5.96. The maximum Gasteiger partial charge on any atom is 0.339 e. The summed E-state index contributed by atoms with van der Waals surface area (Å²) in [5.74, 6) is -0.973. The molecule has 0 spiro atoms. The number of aromatic nitrogens is 3. The quantitative estimate of drug-likeness (QED) is 0.610. The average Bonchev–Trinajstić information content (AvgIpc) is 3.09. The second kappa shape index (κ2) is 7.13. The number of hydrogen-bond acceptors (Lipinski definition) is 3. The summed E-state index contributed by atoms with van der Waals surface area (Å²) < 4.78 is 1.60. The molecule has 5 nitrogen and oxygen atoms in total. The Morgan fingerprint density at radius 1 is 1.08 bits per heavy atom. The molecule has 4 rings (SSSR count). The first-order valence-electron chi connectivity index (χ1n) is 8.24. The van der Waals surface area contributed by atoms with Crippen molar-refractivity contribution in [3.63, 3.8) is 0 Å². The summed E-state index contributed by atoms with van der Waals surface area (Å²) in [5, 5.41) is 15.7. The van der Waals surface area contributed by atoms with E-state index in [0.717, 1.165) is 22.0 Å². The van der Waals surface area contributed by atoms with Gasteiger partial charge in [-0.15, -0.1) is 0 Å². The van der Waals surface area contributed by atoms with Gasteiger partial charge in [0.1, 0.15) is 5.56 Å². The molecular weight excluding hydrogens is 314 g/mol. The second-order valence-corrected chi connectivity index (χ2v) is 5.39. The summed E-state index contributed by atoms with van der Waals surface area (Å²) >= 11 is 0. The lowest BCUT2D eigenvalue weighted by molar-refractivity contribution is 0.0699. The molecule has 4 aromatic rings. The van der Waals surface area contributed by atoms with Crippen molar-refractivity contribution < 1.29 is 9.90 Å². The molecule has 1 N–H and O–H groups in total. The number of pyridine rings is 2. The van der Waals surface area contributed by atoms with Crippen molar-refractivity contribution in [3.8, 4) is 0 Å². The number of carboxylic acid groups (broad SMARTS) is 1. The van der Waals surface area contributed by atoms with E-state index in [-0.39, 0.29) is 5.56 Å². The molecule has 5 heteroatoms. The van der Waals surface area contributed by atoms with E-state index in [4.69, 9.17) is 0 Å². The Kier molecular flexibility index (Phi) is 4.75. The van der Waals surface area contributed by atoms with E-state index in [1.165, 1.54) is 6.20 Å². The van der Waals surface area contributed by atoms with E-state index < -0.39 is 5.97 Å². The molecule has 0 saturated carbocycles. The van der Waals surface area contributed by atoms with Gasteiger partial charge in [-0.3, -0.25) is 4.98 Å². The van der Waals surface area contributed by atoms with Gasteiger partial charge in [0.2, 0.25) is 0 Å². The maximum atomic E-state index is 11.4. The minimum Gasteiger partial charge on any atom is -0.478 e. The topological polar surface area (TPSA) is 67.5 Å². The Balaban J connectivity index is 0.000000880. The number of carbonyl (C=O) groups is 1. The van der Waals surface area contributed by atoms with Crippen LogP contribution < -0.4 is 0 Å². The van der Waals surface area contributed by atoms with E-state index >= 15 is 0 Å². The lowest BCUT2D eigenvalue weighted by Gasteiger charge is -2.06. The van der Waals surface area contributed by atoms with Gasteiger partial charge in [0.25, 0.3) is 0 Å². The van der Waals surface area contributed by atoms with Gasteiger partial charge in [-0.05, 0) is 23.1 Å². The van der Waals surface area contributed by atoms with Crippen LogP contribution in [-0.4, -0.2) is 25.7 Å². The van der Waals surface area contributed by atoms with Crippen LogP contribution in [0.2, 0.25) is 0 Å². The third-order valence-corrected chi connectivity index (χ3v) is 3.91. The van der Waals surface area contributed by atoms with Gasteiger partial charge in [0.05, 0.1) is 11.7 Å². The van der Waals surface area contributed by atoms with E-state index in [2.05, 4.69) is 10.1 Å². The predicted octanol–water partition coefficient (Wildman–Crippen LogP) is 4.20. The largest absolute Gasteiger partial charge is 0.478 e. The predicted molar refractivity (Wildman–Crippen MR) is 98.0 cm³/mol. The molecule has 126 valence electrons. The number of rotatable bonds is 3. The molecule has 0 fully saturated rings. The first-order chi connectivity index (χ1) is 12.2. The fourth-order valence-electron chi connectivity index (χ4n) is 2.84. The van der Waals surface area contributed by atoms with E-state index in [1.54, 1.807) is 10.7 Å². The highest BCUT2D eigenvalue weighted by Crippen LogP contribution is 2.21. The maximum absolute atomic E-state index is 11.4. The minimum atomic E-state index is -0.973. The molecule has 0 amide bonds. The van der Waals surface area contributed by atoms with Crippen molar-refractivity contribution in [2.75, 3.05) is 0 Å². The summed E-state index contributed by atoms with van der Waals surface area (Å²) in [6.07, 6.45) is 5.54. The molecule has 0 atom stereocenters. The van der Waals surface area contributed by atoms with Crippen LogP contribution in [0.3, 0.4) is 0 Å². The molecule has 3 heterocycles. The Morgan fingerprint density at radius 2 is 1.84 bits per heavy atom. The molecule has 1 aromatic carbocycles. The van der Waals surface area contributed by atoms with Crippen molar-refractivity contribution in [2.24, 2.45) is 0 Å². The monoisotopic (exact) mass is 333 g/mol. The molecule has 0 unspecified atom stereocenters. The fraction of sp³-hybridized carbons (Fsp3) is 0.150. The van der Waals surface area contributed by atoms with Gasteiger partial charge in [-0.2, -0.15) is 5.10 Å². The summed E-state index contributed by atoms with van der Waals surface area (Å²) in [6.45, 7) is 4.00. The van der Waals surface area contributed by atoms with Crippen molar-refractivity contribution in [1.82, 2.24) is 14.6 Å². The van der Waals surface area contributed by atoms with Crippen molar-refractivity contribution in [3.05, 3.63) is 77.9 Å². The van der Waals surface area contributed by atoms with Crippen molar-refractivity contribution in [2.45, 2.75) is 20.3 Å². The van der Waals surface area contributed by atoms with Crippen molar-refractivity contribution >= 4 is 22.3 Å². The Bertz CT molecular complexity index is 1040. The summed E-state index contributed by atoms with van der Waals surface area (Å²) in [4.78, 5) is 15.9. The van der Waals surface area contributed by atoms with E-state index in [9.17, 15) is 9.90 Å². The highest BCUT2D eigenvalue weighted by Gasteiger charge is 2.15. The van der Waals surface area contributed by atoms with Gasteiger partial charge in [0, 0.05) is 29.9 Å². The van der Waals surface area contributed by atoms with Crippen LogP contribution in [0.25, 0.3) is 16.3 Å². The first kappa shape index (κ1) is 16.6. The third-order valence-electron chi connectivity index (χ3n) is 3.91. The number of benzene rings is 1. The first-order valence-corrected chi connectivity index (χ1v) is 8.24. The third kappa shape index (κ3) is 3.21. The molecule has 0 bridgehead atoms. The van der Waals surface area contributed by atoms with Crippen molar-refractivity contribution in [1.29, 1.82) is 0 Å². The second-order valence-electron chi connectivity index (χ2n) is 5.39. The van der Waals surface area contributed by atoms with Gasteiger partial charge >= 0.3 is 5.97 Å². The number of fused-ring (bicyclic) bond motifs is 2. The SMILES string of the molecule is CC.O=C(O)c1cnn2cccc(Cc3cc4ccccc4cn3)c12. The Labute approximate surface area is 145 Å². The lowest BCUT2D eigenvalue weighted by atomic mass is 10.0. The minimum absolute atomic E-state index is 0.210. The molecule has 3 aromatic heterocycles. The van der Waals surface area contributed by atoms with Gasteiger partial charge in [-0.1, -0.05) is 44.2 Å². The van der Waals surface area contributed by atoms with Crippen LogP contribution >= 0.6 is 0 Å². The lowest BCUT2D eigenvalue weighted by Crippen LogP contribution is -2.01. The standard InChI is InChI=1S/C18H13N3O2.C2H6/c22-18(23)16-11-20-21-7-3-6-13(17(16)21)9-15-8-12-4-1-2-5-14(12)10-19-15;1-2/h1-8,10-11H,9H2,(H,22,23);1-2H3. The number of aromatic carboxylic acids is 1. The van der Waals surface area contributed by atoms with Gasteiger partial charge in [0.15, 0.2) is 0 Å². The van der Waals surface area contributed by atoms with Crippen LogP contribution in [-0.2, 0) is 6.42 Å². The zero-order chi connectivity index (χ0) is 17.8. The zero-order valence-electron chi connectivity index (χ0n) is 14.2. The zero-order valence-corrected chi connectivity index (χ0v) is 14.2. The Hall–Kier alpha value is -3.21. The van der Waals surface area contributed by atoms with Crippen LogP contribution in [0.15, 0.2) is 61.1 Å². The normalized spacial score (nSPS) is 10.5. The molecule has 0 saturated heterocycles. The molecule has 0 aliphatic rings. The van der Waals surface area contributed by atoms with E-state index in [1.807, 2.05) is 62.5 Å². The number of nitrogens with zero attached hydrogens (tertiary/aromatic N) is 3. The summed E-state index contributed by atoms with van der Waals surface area (Å²) in [5.41, 5.74) is 2.62. The Morgan fingerprint density at radius 3 is 2.60 bits per heavy atom. The van der Waals surface area contributed by atoms with Crippen LogP contribution in [0.5, 0.6) is 0 Å². The fourth-order valence-corrected chi connectivity index (χ4v) is 2.84. The van der Waals surface area contributed by atoms with Gasteiger partial charge < -0.3 is 5.11 Å². The number of carboxylic acids is 1. The number of hydrogen-bond donors (Lipinski definition) is 1.